The lowest BCUT2D eigenvalue weighted by molar-refractivity contribution is -0.137. The standard InChI is InChI=1S/C15H14BrF3N2/c1-20-14(13-6-5-12(16)9-21-13)8-10-3-2-4-11(7-10)15(17,18)19/h2-7,9,14,20H,8H2,1H3. The van der Waals surface area contributed by atoms with E-state index in [2.05, 4.69) is 26.2 Å². The molecule has 0 saturated carbocycles. The summed E-state index contributed by atoms with van der Waals surface area (Å²) in [6, 6.07) is 8.95. The number of likely N-dealkylation sites (N-methyl/N-ethyl adjacent to an activating group) is 1. The number of nitrogens with one attached hydrogen (secondary N) is 1. The number of nitrogens with zero attached hydrogens (tertiary/aromatic N) is 1. The molecule has 0 bridgehead atoms. The number of hydrogen-bond donors (Lipinski definition) is 1. The van der Waals surface area contributed by atoms with Crippen molar-refractivity contribution in [2.75, 3.05) is 7.05 Å². The monoisotopic (exact) mass is 358 g/mol. The first-order chi connectivity index (χ1) is 9.90. The van der Waals surface area contributed by atoms with Crippen LogP contribution < -0.4 is 5.32 Å². The molecule has 0 amide bonds. The van der Waals surface area contributed by atoms with Gasteiger partial charge in [-0.2, -0.15) is 13.2 Å². The smallest absolute Gasteiger partial charge is 0.311 e. The maximum atomic E-state index is 12.7. The molecule has 2 rings (SSSR count). The highest BCUT2D eigenvalue weighted by Crippen LogP contribution is 2.30. The molecule has 0 aliphatic carbocycles. The second-order valence-corrected chi connectivity index (χ2v) is 5.56. The predicted octanol–water partition coefficient (Wildman–Crippen LogP) is 4.37. The first-order valence-electron chi connectivity index (χ1n) is 6.35. The van der Waals surface area contributed by atoms with Gasteiger partial charge in [0.25, 0.3) is 0 Å². The fourth-order valence-electron chi connectivity index (χ4n) is 2.06. The van der Waals surface area contributed by atoms with Crippen molar-refractivity contribution in [1.82, 2.24) is 10.3 Å². The van der Waals surface area contributed by atoms with E-state index in [9.17, 15) is 13.2 Å². The molecule has 0 fully saturated rings. The predicted molar refractivity (Wildman–Crippen MR) is 78.9 cm³/mol. The maximum Gasteiger partial charge on any atom is 0.416 e. The molecule has 1 aromatic carbocycles. The Labute approximate surface area is 129 Å². The van der Waals surface area contributed by atoms with Crippen molar-refractivity contribution in [1.29, 1.82) is 0 Å². The highest BCUT2D eigenvalue weighted by molar-refractivity contribution is 9.10. The Kier molecular flexibility index (Phi) is 5.00. The molecule has 1 unspecified atom stereocenters. The second kappa shape index (κ2) is 6.58. The summed E-state index contributed by atoms with van der Waals surface area (Å²) in [7, 11) is 1.77. The number of pyridine rings is 1. The second-order valence-electron chi connectivity index (χ2n) is 4.64. The van der Waals surface area contributed by atoms with Crippen LogP contribution in [0.25, 0.3) is 0 Å². The Balaban J connectivity index is 2.21. The molecule has 6 heteroatoms. The lowest BCUT2D eigenvalue weighted by atomic mass is 10.0. The molecule has 0 aliphatic rings. The number of aromatic nitrogens is 1. The van der Waals surface area contributed by atoms with Crippen LogP contribution in [0.3, 0.4) is 0 Å². The molecular weight excluding hydrogens is 345 g/mol. The Bertz CT molecular complexity index is 597. The van der Waals surface area contributed by atoms with Gasteiger partial charge in [0, 0.05) is 10.7 Å². The molecule has 0 aliphatic heterocycles. The third kappa shape index (κ3) is 4.28. The molecule has 0 radical (unpaired) electrons. The Hall–Kier alpha value is -1.40. The maximum absolute atomic E-state index is 12.7. The summed E-state index contributed by atoms with van der Waals surface area (Å²) in [5.41, 5.74) is 0.783. The van der Waals surface area contributed by atoms with E-state index in [1.807, 2.05) is 12.1 Å². The van der Waals surface area contributed by atoms with Crippen LogP contribution >= 0.6 is 15.9 Å². The number of halogens is 4. The van der Waals surface area contributed by atoms with Gasteiger partial charge in [0.15, 0.2) is 0 Å². The van der Waals surface area contributed by atoms with E-state index in [1.54, 1.807) is 19.3 Å². The third-order valence-electron chi connectivity index (χ3n) is 3.15. The first-order valence-corrected chi connectivity index (χ1v) is 7.14. The van der Waals surface area contributed by atoms with Gasteiger partial charge in [0.2, 0.25) is 0 Å². The molecule has 1 aromatic heterocycles. The van der Waals surface area contributed by atoms with Crippen molar-refractivity contribution in [3.8, 4) is 0 Å². The zero-order valence-corrected chi connectivity index (χ0v) is 12.9. The normalized spacial score (nSPS) is 13.2. The van der Waals surface area contributed by atoms with Gasteiger partial charge in [-0.3, -0.25) is 4.98 Å². The largest absolute Gasteiger partial charge is 0.416 e. The summed E-state index contributed by atoms with van der Waals surface area (Å²) in [6.45, 7) is 0. The minimum atomic E-state index is -4.32. The summed E-state index contributed by atoms with van der Waals surface area (Å²) in [5, 5.41) is 3.09. The van der Waals surface area contributed by atoms with Crippen LogP contribution in [0.5, 0.6) is 0 Å². The summed E-state index contributed by atoms with van der Waals surface area (Å²) < 4.78 is 39.0. The molecule has 112 valence electrons. The van der Waals surface area contributed by atoms with Crippen molar-refractivity contribution in [3.05, 3.63) is 63.9 Å². The molecular formula is C15H14BrF3N2. The SMILES string of the molecule is CNC(Cc1cccc(C(F)(F)F)c1)c1ccc(Br)cn1. The lowest BCUT2D eigenvalue weighted by Crippen LogP contribution is -2.20. The minimum absolute atomic E-state index is 0.137. The van der Waals surface area contributed by atoms with Gasteiger partial charge in [0.05, 0.1) is 17.3 Å². The van der Waals surface area contributed by atoms with Crippen LogP contribution in [0, 0.1) is 0 Å². The fourth-order valence-corrected chi connectivity index (χ4v) is 2.29. The molecule has 0 spiro atoms. The quantitative estimate of drug-likeness (QED) is 0.877. The van der Waals surface area contributed by atoms with Crippen LogP contribution in [0.2, 0.25) is 0 Å². The van der Waals surface area contributed by atoms with Gasteiger partial charge in [-0.1, -0.05) is 18.2 Å². The number of rotatable bonds is 4. The summed E-state index contributed by atoms with van der Waals surface area (Å²) in [4.78, 5) is 4.29. The van der Waals surface area contributed by atoms with E-state index in [1.165, 1.54) is 12.1 Å². The third-order valence-corrected chi connectivity index (χ3v) is 3.62. The van der Waals surface area contributed by atoms with Gasteiger partial charge in [-0.15, -0.1) is 0 Å². The van der Waals surface area contributed by atoms with E-state index in [4.69, 9.17) is 0 Å². The zero-order chi connectivity index (χ0) is 15.5. The molecule has 1 atom stereocenters. The van der Waals surface area contributed by atoms with Gasteiger partial charge >= 0.3 is 6.18 Å². The molecule has 1 N–H and O–H groups in total. The van der Waals surface area contributed by atoms with Crippen molar-refractivity contribution in [2.24, 2.45) is 0 Å². The molecule has 2 nitrogen and oxygen atoms in total. The van der Waals surface area contributed by atoms with Crippen molar-refractivity contribution < 1.29 is 13.2 Å². The Morgan fingerprint density at radius 2 is 2.00 bits per heavy atom. The molecule has 0 saturated heterocycles. The van der Waals surface area contributed by atoms with Crippen molar-refractivity contribution in [2.45, 2.75) is 18.6 Å². The van der Waals surface area contributed by atoms with Crippen LogP contribution in [-0.4, -0.2) is 12.0 Å². The van der Waals surface area contributed by atoms with Crippen LogP contribution in [0.1, 0.15) is 22.9 Å². The topological polar surface area (TPSA) is 24.9 Å². The number of benzene rings is 1. The molecule has 2 aromatic rings. The summed E-state index contributed by atoms with van der Waals surface area (Å²) >= 11 is 3.31. The highest BCUT2D eigenvalue weighted by Gasteiger charge is 2.30. The van der Waals surface area contributed by atoms with Gasteiger partial charge in [-0.05, 0) is 53.2 Å². The van der Waals surface area contributed by atoms with Crippen molar-refractivity contribution >= 4 is 15.9 Å². The van der Waals surface area contributed by atoms with Crippen LogP contribution in [-0.2, 0) is 12.6 Å². The fraction of sp³-hybridized carbons (Fsp3) is 0.267. The molecule has 1 heterocycles. The van der Waals surface area contributed by atoms with E-state index in [-0.39, 0.29) is 6.04 Å². The summed E-state index contributed by atoms with van der Waals surface area (Å²) in [5.74, 6) is 0. The summed E-state index contributed by atoms with van der Waals surface area (Å²) in [6.07, 6.45) is -2.21. The van der Waals surface area contributed by atoms with Gasteiger partial charge in [0.1, 0.15) is 0 Å². The molecule has 21 heavy (non-hydrogen) atoms. The average molecular weight is 359 g/mol. The van der Waals surface area contributed by atoms with Gasteiger partial charge in [-0.25, -0.2) is 0 Å². The van der Waals surface area contributed by atoms with E-state index < -0.39 is 11.7 Å². The average Bonchev–Trinajstić information content (AvgIpc) is 2.45. The highest BCUT2D eigenvalue weighted by atomic mass is 79.9. The van der Waals surface area contributed by atoms with E-state index >= 15 is 0 Å². The Morgan fingerprint density at radius 3 is 2.57 bits per heavy atom. The van der Waals surface area contributed by atoms with Gasteiger partial charge < -0.3 is 5.32 Å². The number of alkyl halides is 3. The minimum Gasteiger partial charge on any atom is -0.311 e. The zero-order valence-electron chi connectivity index (χ0n) is 11.3. The van der Waals surface area contributed by atoms with Crippen molar-refractivity contribution in [3.63, 3.8) is 0 Å². The Morgan fingerprint density at radius 1 is 1.24 bits per heavy atom. The van der Waals surface area contributed by atoms with Crippen LogP contribution in [0.15, 0.2) is 47.1 Å². The van der Waals surface area contributed by atoms with E-state index in [0.717, 1.165) is 16.2 Å². The van der Waals surface area contributed by atoms with E-state index in [0.29, 0.717) is 12.0 Å². The first kappa shape index (κ1) is 16.0. The lowest BCUT2D eigenvalue weighted by Gasteiger charge is -2.17. The van der Waals surface area contributed by atoms with Crippen LogP contribution in [0.4, 0.5) is 13.2 Å². The number of hydrogen-bond acceptors (Lipinski definition) is 2.